The van der Waals surface area contributed by atoms with Crippen LogP contribution < -0.4 is 0 Å². The van der Waals surface area contributed by atoms with E-state index in [9.17, 15) is 0 Å². The van der Waals surface area contributed by atoms with E-state index >= 15 is 0 Å². The SMILES string of the molecule is CC(C)(C)c1ccc(-c2nc3ccccc3c3c2sc2ccccc23)cc1. The zero-order chi connectivity index (χ0) is 18.6. The molecule has 132 valence electrons. The van der Waals surface area contributed by atoms with E-state index in [-0.39, 0.29) is 5.41 Å². The molecule has 27 heavy (non-hydrogen) atoms. The van der Waals surface area contributed by atoms with Crippen molar-refractivity contribution in [1.82, 2.24) is 4.98 Å². The predicted molar refractivity (Wildman–Crippen MR) is 119 cm³/mol. The molecule has 2 heteroatoms. The van der Waals surface area contributed by atoms with Gasteiger partial charge in [0.2, 0.25) is 0 Å². The molecule has 0 fully saturated rings. The molecule has 5 aromatic rings. The largest absolute Gasteiger partial charge is 0.246 e. The topological polar surface area (TPSA) is 12.9 Å². The molecule has 0 amide bonds. The normalized spacial score (nSPS) is 12.3. The minimum Gasteiger partial charge on any atom is -0.246 e. The van der Waals surface area contributed by atoms with Gasteiger partial charge in [0.25, 0.3) is 0 Å². The van der Waals surface area contributed by atoms with E-state index in [0.717, 1.165) is 11.2 Å². The zero-order valence-corrected chi connectivity index (χ0v) is 16.6. The van der Waals surface area contributed by atoms with Crippen molar-refractivity contribution in [1.29, 1.82) is 0 Å². The Balaban J connectivity index is 1.86. The van der Waals surface area contributed by atoms with E-state index < -0.39 is 0 Å². The maximum Gasteiger partial charge on any atom is 0.0888 e. The van der Waals surface area contributed by atoms with E-state index in [1.807, 2.05) is 11.3 Å². The summed E-state index contributed by atoms with van der Waals surface area (Å²) in [5, 5.41) is 3.89. The van der Waals surface area contributed by atoms with Gasteiger partial charge in [-0.05, 0) is 23.1 Å². The first-order chi connectivity index (χ1) is 13.0. The number of pyridine rings is 1. The Morgan fingerprint density at radius 1 is 0.741 bits per heavy atom. The van der Waals surface area contributed by atoms with Gasteiger partial charge in [-0.25, -0.2) is 4.98 Å². The number of rotatable bonds is 1. The lowest BCUT2D eigenvalue weighted by atomic mass is 9.86. The van der Waals surface area contributed by atoms with Crippen molar-refractivity contribution >= 4 is 42.4 Å². The fourth-order valence-corrected chi connectivity index (χ4v) is 4.99. The molecule has 0 unspecified atom stereocenters. The summed E-state index contributed by atoms with van der Waals surface area (Å²) in [6.45, 7) is 6.75. The van der Waals surface area contributed by atoms with E-state index in [1.54, 1.807) is 0 Å². The maximum absolute atomic E-state index is 5.07. The third kappa shape index (κ3) is 2.64. The van der Waals surface area contributed by atoms with Crippen LogP contribution in [0.15, 0.2) is 72.8 Å². The van der Waals surface area contributed by atoms with E-state index in [0.29, 0.717) is 0 Å². The van der Waals surface area contributed by atoms with Crippen LogP contribution in [0.2, 0.25) is 0 Å². The second-order valence-corrected chi connectivity index (χ2v) is 9.16. The van der Waals surface area contributed by atoms with Gasteiger partial charge in [0.15, 0.2) is 0 Å². The van der Waals surface area contributed by atoms with Crippen LogP contribution >= 0.6 is 11.3 Å². The molecule has 0 N–H and O–H groups in total. The fourth-order valence-electron chi connectivity index (χ4n) is 3.76. The van der Waals surface area contributed by atoms with Crippen molar-refractivity contribution in [3.05, 3.63) is 78.4 Å². The summed E-state index contributed by atoms with van der Waals surface area (Å²) in [7, 11) is 0. The minimum atomic E-state index is 0.155. The first-order valence-corrected chi connectivity index (χ1v) is 10.1. The fraction of sp³-hybridized carbons (Fsp3) is 0.160. The molecule has 0 radical (unpaired) electrons. The van der Waals surface area contributed by atoms with Gasteiger partial charge in [0.1, 0.15) is 0 Å². The first-order valence-electron chi connectivity index (χ1n) is 9.33. The van der Waals surface area contributed by atoms with Crippen molar-refractivity contribution in [2.24, 2.45) is 0 Å². The minimum absolute atomic E-state index is 0.155. The van der Waals surface area contributed by atoms with Gasteiger partial charge in [0, 0.05) is 26.4 Å². The first kappa shape index (κ1) is 16.5. The van der Waals surface area contributed by atoms with Crippen LogP contribution in [0.4, 0.5) is 0 Å². The number of para-hydroxylation sites is 1. The van der Waals surface area contributed by atoms with Gasteiger partial charge in [-0.2, -0.15) is 0 Å². The standard InChI is InChI=1S/C25H21NS/c1-25(2,3)17-14-12-16(13-15-17)23-24-22(18-8-4-6-10-20(18)26-23)19-9-5-7-11-21(19)27-24/h4-15H,1-3H3. The Kier molecular flexibility index (Phi) is 3.60. The third-order valence-electron chi connectivity index (χ3n) is 5.24. The molecule has 1 nitrogen and oxygen atoms in total. The summed E-state index contributed by atoms with van der Waals surface area (Å²) < 4.78 is 2.59. The predicted octanol–water partition coefficient (Wildman–Crippen LogP) is 7.57. The number of fused-ring (bicyclic) bond motifs is 5. The Morgan fingerprint density at radius 2 is 1.41 bits per heavy atom. The highest BCUT2D eigenvalue weighted by atomic mass is 32.1. The van der Waals surface area contributed by atoms with E-state index in [2.05, 4.69) is 93.6 Å². The van der Waals surface area contributed by atoms with Crippen molar-refractivity contribution in [2.75, 3.05) is 0 Å². The van der Waals surface area contributed by atoms with Crippen LogP contribution in [0.5, 0.6) is 0 Å². The van der Waals surface area contributed by atoms with Crippen LogP contribution in [-0.2, 0) is 5.41 Å². The maximum atomic E-state index is 5.07. The van der Waals surface area contributed by atoms with Crippen LogP contribution in [0, 0.1) is 0 Å². The van der Waals surface area contributed by atoms with Crippen molar-refractivity contribution in [3.8, 4) is 11.3 Å². The molecular weight excluding hydrogens is 346 g/mol. The highest BCUT2D eigenvalue weighted by Gasteiger charge is 2.17. The molecule has 0 saturated carbocycles. The van der Waals surface area contributed by atoms with E-state index in [1.165, 1.54) is 36.7 Å². The summed E-state index contributed by atoms with van der Waals surface area (Å²) in [4.78, 5) is 5.07. The van der Waals surface area contributed by atoms with Crippen LogP contribution in [0.3, 0.4) is 0 Å². The van der Waals surface area contributed by atoms with Gasteiger partial charge in [0.05, 0.1) is 15.9 Å². The number of nitrogens with zero attached hydrogens (tertiary/aromatic N) is 1. The van der Waals surface area contributed by atoms with Crippen molar-refractivity contribution < 1.29 is 0 Å². The number of thiophene rings is 1. The highest BCUT2D eigenvalue weighted by molar-refractivity contribution is 7.26. The van der Waals surface area contributed by atoms with Crippen molar-refractivity contribution in [2.45, 2.75) is 26.2 Å². The summed E-state index contributed by atoms with van der Waals surface area (Å²) in [5.74, 6) is 0. The Morgan fingerprint density at radius 3 is 2.15 bits per heavy atom. The lowest BCUT2D eigenvalue weighted by molar-refractivity contribution is 0.590. The molecule has 2 heterocycles. The summed E-state index contributed by atoms with van der Waals surface area (Å²) in [6.07, 6.45) is 0. The Hall–Kier alpha value is -2.71. The molecule has 0 aliphatic rings. The van der Waals surface area contributed by atoms with Crippen LogP contribution in [0.25, 0.3) is 42.3 Å². The molecule has 0 aliphatic carbocycles. The average Bonchev–Trinajstić information content (AvgIpc) is 3.07. The lowest BCUT2D eigenvalue weighted by Crippen LogP contribution is -2.10. The summed E-state index contributed by atoms with van der Waals surface area (Å²) >= 11 is 1.85. The Bertz CT molecular complexity index is 1290. The average molecular weight is 368 g/mol. The molecule has 0 saturated heterocycles. The molecule has 0 atom stereocenters. The zero-order valence-electron chi connectivity index (χ0n) is 15.8. The smallest absolute Gasteiger partial charge is 0.0888 e. The van der Waals surface area contributed by atoms with Crippen molar-refractivity contribution in [3.63, 3.8) is 0 Å². The monoisotopic (exact) mass is 367 g/mol. The number of aromatic nitrogens is 1. The molecule has 0 bridgehead atoms. The molecule has 5 rings (SSSR count). The van der Waals surface area contributed by atoms with E-state index in [4.69, 9.17) is 4.98 Å². The summed E-state index contributed by atoms with van der Waals surface area (Å²) in [6, 6.07) is 26.1. The van der Waals surface area contributed by atoms with Gasteiger partial charge < -0.3 is 0 Å². The third-order valence-corrected chi connectivity index (χ3v) is 6.42. The van der Waals surface area contributed by atoms with Gasteiger partial charge in [-0.15, -0.1) is 11.3 Å². The van der Waals surface area contributed by atoms with Gasteiger partial charge >= 0.3 is 0 Å². The lowest BCUT2D eigenvalue weighted by Gasteiger charge is -2.19. The number of hydrogen-bond donors (Lipinski definition) is 0. The van der Waals surface area contributed by atoms with Gasteiger partial charge in [-0.3, -0.25) is 0 Å². The molecule has 0 aliphatic heterocycles. The van der Waals surface area contributed by atoms with Crippen LogP contribution in [-0.4, -0.2) is 4.98 Å². The summed E-state index contributed by atoms with van der Waals surface area (Å²) in [5.41, 5.74) is 4.83. The second kappa shape index (κ2) is 5.90. The second-order valence-electron chi connectivity index (χ2n) is 8.11. The molecule has 3 aromatic carbocycles. The Labute approximate surface area is 163 Å². The van der Waals surface area contributed by atoms with Gasteiger partial charge in [-0.1, -0.05) is 81.4 Å². The quantitative estimate of drug-likeness (QED) is 0.298. The number of benzene rings is 3. The molecule has 2 aromatic heterocycles. The molecular formula is C25H21NS. The number of hydrogen-bond acceptors (Lipinski definition) is 2. The molecule has 0 spiro atoms. The van der Waals surface area contributed by atoms with Crippen LogP contribution in [0.1, 0.15) is 26.3 Å². The highest BCUT2D eigenvalue weighted by Crippen LogP contribution is 2.42.